The van der Waals surface area contributed by atoms with Crippen molar-refractivity contribution in [3.05, 3.63) is 0 Å². The summed E-state index contributed by atoms with van der Waals surface area (Å²) in [5, 5.41) is 0. The van der Waals surface area contributed by atoms with Gasteiger partial charge in [0.2, 0.25) is 0 Å². The Hall–Kier alpha value is -0.220. The Balaban J connectivity index is 2.18. The molecular weight excluding hydrogens is 282 g/mol. The zero-order valence-corrected chi connectivity index (χ0v) is 11.9. The molecule has 0 N–H and O–H groups in total. The predicted molar refractivity (Wildman–Crippen MR) is 64.0 cm³/mol. The molecule has 0 bridgehead atoms. The van der Waals surface area contributed by atoms with Crippen LogP contribution in [-0.4, -0.2) is 65.6 Å². The van der Waals surface area contributed by atoms with Gasteiger partial charge in [-0.05, 0) is 19.4 Å². The van der Waals surface area contributed by atoms with Crippen LogP contribution < -0.4 is 0 Å². The average molecular weight is 299 g/mol. The molecule has 0 aromatic heterocycles. The van der Waals surface area contributed by atoms with Crippen LogP contribution >= 0.6 is 0 Å². The largest absolute Gasteiger partial charge is 0.295 e. The summed E-state index contributed by atoms with van der Waals surface area (Å²) in [6, 6.07) is -0.0773. The summed E-state index contributed by atoms with van der Waals surface area (Å²) >= 11 is 0. The third-order valence-electron chi connectivity index (χ3n) is 3.16. The monoisotopic (exact) mass is 299 g/mol. The van der Waals surface area contributed by atoms with E-state index in [1.165, 1.54) is 0 Å². The summed E-state index contributed by atoms with van der Waals surface area (Å²) < 4.78 is 54.8. The van der Waals surface area contributed by atoms with E-state index in [0.717, 1.165) is 31.9 Å². The van der Waals surface area contributed by atoms with Gasteiger partial charge in [0.1, 0.15) is 12.2 Å². The Morgan fingerprint density at radius 2 is 1.67 bits per heavy atom. The summed E-state index contributed by atoms with van der Waals surface area (Å²) in [5.74, 6) is 0. The molecule has 0 unspecified atom stereocenters. The van der Waals surface area contributed by atoms with Crippen LogP contribution in [0.15, 0.2) is 0 Å². The number of rotatable bonds is 4. The fourth-order valence-electron chi connectivity index (χ4n) is 2.67. The van der Waals surface area contributed by atoms with Crippen molar-refractivity contribution in [2.45, 2.75) is 31.1 Å². The van der Waals surface area contributed by atoms with E-state index >= 15 is 0 Å². The van der Waals surface area contributed by atoms with E-state index in [2.05, 4.69) is 0 Å². The number of nitrogens with zero attached hydrogens (tertiary/aromatic N) is 1. The molecule has 0 saturated carbocycles. The van der Waals surface area contributed by atoms with Gasteiger partial charge in [0.05, 0.1) is 12.5 Å². The maximum Gasteiger partial charge on any atom is 0.264 e. The van der Waals surface area contributed by atoms with E-state index < -0.39 is 32.4 Å². The van der Waals surface area contributed by atoms with E-state index in [1.54, 1.807) is 0 Å². The molecule has 0 radical (unpaired) electrons. The van der Waals surface area contributed by atoms with E-state index in [1.807, 2.05) is 4.90 Å². The minimum atomic E-state index is -3.64. The molecule has 7 nitrogen and oxygen atoms in total. The van der Waals surface area contributed by atoms with Crippen LogP contribution in [0.1, 0.15) is 12.8 Å². The van der Waals surface area contributed by atoms with Gasteiger partial charge in [0.25, 0.3) is 20.2 Å². The highest BCUT2D eigenvalue weighted by atomic mass is 32.2. The van der Waals surface area contributed by atoms with Gasteiger partial charge >= 0.3 is 0 Å². The molecule has 2 saturated heterocycles. The molecule has 0 spiro atoms. The van der Waals surface area contributed by atoms with E-state index in [4.69, 9.17) is 8.37 Å². The second kappa shape index (κ2) is 4.71. The maximum absolute atomic E-state index is 11.2. The predicted octanol–water partition coefficient (Wildman–Crippen LogP) is -0.846. The normalized spacial score (nSPS) is 33.8. The van der Waals surface area contributed by atoms with Crippen molar-refractivity contribution >= 4 is 20.2 Å². The number of hydrogen-bond acceptors (Lipinski definition) is 7. The van der Waals surface area contributed by atoms with Gasteiger partial charge < -0.3 is 0 Å². The highest BCUT2D eigenvalue weighted by Crippen LogP contribution is 2.33. The smallest absolute Gasteiger partial charge is 0.264 e. The SMILES string of the molecule is CS(=O)(=O)O[C@H]1[C@@H](OS(C)(=O)=O)CN2CCC[C@@H]12. The lowest BCUT2D eigenvalue weighted by atomic mass is 10.1. The highest BCUT2D eigenvalue weighted by molar-refractivity contribution is 7.86. The Morgan fingerprint density at radius 3 is 2.22 bits per heavy atom. The standard InChI is InChI=1S/C9H17NO6S2/c1-17(11,12)15-8-6-10-5-3-4-7(10)9(8)16-18(2,13)14/h7-9H,3-6H2,1-2H3/t7-,8-,9+/m0/s1. The first-order valence-corrected chi connectivity index (χ1v) is 9.29. The fraction of sp³-hybridized carbons (Fsp3) is 1.00. The minimum Gasteiger partial charge on any atom is -0.295 e. The summed E-state index contributed by atoms with van der Waals surface area (Å²) in [6.45, 7) is 1.20. The molecule has 9 heteroatoms. The first-order valence-electron chi connectivity index (χ1n) is 5.66. The van der Waals surface area contributed by atoms with Crippen LogP contribution in [0, 0.1) is 0 Å². The van der Waals surface area contributed by atoms with Crippen molar-refractivity contribution in [1.29, 1.82) is 0 Å². The zero-order valence-electron chi connectivity index (χ0n) is 10.3. The average Bonchev–Trinajstić information content (AvgIpc) is 2.66. The quantitative estimate of drug-likeness (QED) is 0.625. The lowest BCUT2D eigenvalue weighted by Gasteiger charge is -2.21. The Bertz CT molecular complexity index is 513. The molecule has 0 aromatic rings. The molecular formula is C9H17NO6S2. The van der Waals surface area contributed by atoms with E-state index in [-0.39, 0.29) is 6.04 Å². The summed E-state index contributed by atoms with van der Waals surface area (Å²) in [5.41, 5.74) is 0. The second-order valence-corrected chi connectivity index (χ2v) is 8.01. The molecule has 106 valence electrons. The molecule has 0 aliphatic carbocycles. The number of hydrogen-bond donors (Lipinski definition) is 0. The van der Waals surface area contributed by atoms with Crippen LogP contribution in [0.25, 0.3) is 0 Å². The molecule has 0 amide bonds. The van der Waals surface area contributed by atoms with Gasteiger partial charge in [-0.15, -0.1) is 0 Å². The molecule has 2 aliphatic rings. The Kier molecular flexibility index (Phi) is 3.72. The Morgan fingerprint density at radius 1 is 1.06 bits per heavy atom. The van der Waals surface area contributed by atoms with Crippen molar-refractivity contribution in [2.75, 3.05) is 25.6 Å². The third-order valence-corrected chi connectivity index (χ3v) is 4.33. The minimum absolute atomic E-state index is 0.0773. The number of fused-ring (bicyclic) bond motifs is 1. The van der Waals surface area contributed by atoms with Gasteiger partial charge in [-0.3, -0.25) is 13.3 Å². The molecule has 2 fully saturated rings. The van der Waals surface area contributed by atoms with Crippen molar-refractivity contribution in [2.24, 2.45) is 0 Å². The van der Waals surface area contributed by atoms with Crippen molar-refractivity contribution < 1.29 is 25.2 Å². The third kappa shape index (κ3) is 3.41. The van der Waals surface area contributed by atoms with Crippen LogP contribution in [0.3, 0.4) is 0 Å². The van der Waals surface area contributed by atoms with Crippen LogP contribution in [-0.2, 0) is 28.6 Å². The van der Waals surface area contributed by atoms with Gasteiger partial charge in [-0.2, -0.15) is 16.8 Å². The summed E-state index contributed by atoms with van der Waals surface area (Å²) in [4.78, 5) is 2.02. The Labute approximate surface area is 107 Å². The molecule has 3 atom stereocenters. The first kappa shape index (κ1) is 14.2. The summed E-state index contributed by atoms with van der Waals surface area (Å²) in [6.07, 6.45) is 2.18. The van der Waals surface area contributed by atoms with Crippen molar-refractivity contribution in [3.63, 3.8) is 0 Å². The van der Waals surface area contributed by atoms with Crippen LogP contribution in [0.4, 0.5) is 0 Å². The molecule has 0 aromatic carbocycles. The van der Waals surface area contributed by atoms with E-state index in [9.17, 15) is 16.8 Å². The van der Waals surface area contributed by atoms with Crippen LogP contribution in [0.5, 0.6) is 0 Å². The topological polar surface area (TPSA) is 90.0 Å². The molecule has 18 heavy (non-hydrogen) atoms. The molecule has 2 heterocycles. The van der Waals surface area contributed by atoms with Crippen molar-refractivity contribution in [1.82, 2.24) is 4.90 Å². The van der Waals surface area contributed by atoms with E-state index in [0.29, 0.717) is 6.54 Å². The van der Waals surface area contributed by atoms with Gasteiger partial charge in [-0.1, -0.05) is 0 Å². The molecule has 2 rings (SSSR count). The first-order chi connectivity index (χ1) is 8.16. The highest BCUT2D eigenvalue weighted by Gasteiger charge is 2.48. The van der Waals surface area contributed by atoms with Gasteiger partial charge in [0.15, 0.2) is 0 Å². The lowest BCUT2D eigenvalue weighted by molar-refractivity contribution is 0.0830. The maximum atomic E-state index is 11.2. The molecule has 2 aliphatic heterocycles. The second-order valence-electron chi connectivity index (χ2n) is 4.81. The van der Waals surface area contributed by atoms with Gasteiger partial charge in [0, 0.05) is 12.6 Å². The fourth-order valence-corrected chi connectivity index (χ4v) is 3.95. The lowest BCUT2D eigenvalue weighted by Crippen LogP contribution is -2.37. The van der Waals surface area contributed by atoms with Crippen molar-refractivity contribution in [3.8, 4) is 0 Å². The van der Waals surface area contributed by atoms with Gasteiger partial charge in [-0.25, -0.2) is 0 Å². The van der Waals surface area contributed by atoms with Crippen LogP contribution in [0.2, 0.25) is 0 Å². The summed E-state index contributed by atoms with van der Waals surface area (Å²) in [7, 11) is -7.26. The zero-order chi connectivity index (χ0) is 13.6.